The summed E-state index contributed by atoms with van der Waals surface area (Å²) in [6.07, 6.45) is 0. The molecule has 4 nitrogen and oxygen atoms in total. The molecule has 0 saturated carbocycles. The molecular weight excluding hydrogens is 188 g/mol. The van der Waals surface area contributed by atoms with Crippen LogP contribution in [0.4, 0.5) is 0 Å². The lowest BCUT2D eigenvalue weighted by Crippen LogP contribution is -2.40. The highest BCUT2D eigenvalue weighted by molar-refractivity contribution is 7.12. The van der Waals surface area contributed by atoms with Crippen LogP contribution in [0.25, 0.3) is 0 Å². The van der Waals surface area contributed by atoms with Crippen LogP contribution in [0.1, 0.15) is 16.7 Å². The second-order valence-corrected chi connectivity index (χ2v) is 3.87. The molecule has 0 amide bonds. The standard InChI is InChI=1S/C8H8N2O2S/c1-8(10,7(11)12)6-3-2-5(4-9)13-6/h2-3H,10H2,1H3,(H,11,12)/t8-/m0/s1. The lowest BCUT2D eigenvalue weighted by Gasteiger charge is -2.16. The molecule has 0 bridgehead atoms. The minimum absolute atomic E-state index is 0.466. The van der Waals surface area contributed by atoms with Gasteiger partial charge in [0, 0.05) is 4.88 Å². The van der Waals surface area contributed by atoms with Gasteiger partial charge in [-0.2, -0.15) is 5.26 Å². The highest BCUT2D eigenvalue weighted by Crippen LogP contribution is 2.25. The summed E-state index contributed by atoms with van der Waals surface area (Å²) >= 11 is 1.10. The largest absolute Gasteiger partial charge is 0.480 e. The summed E-state index contributed by atoms with van der Waals surface area (Å²) in [7, 11) is 0. The molecule has 1 rings (SSSR count). The number of hydrogen-bond acceptors (Lipinski definition) is 4. The first-order chi connectivity index (χ1) is 5.98. The summed E-state index contributed by atoms with van der Waals surface area (Å²) in [5.74, 6) is -1.10. The van der Waals surface area contributed by atoms with Gasteiger partial charge in [0.2, 0.25) is 0 Å². The summed E-state index contributed by atoms with van der Waals surface area (Å²) in [5, 5.41) is 17.3. The molecule has 0 fully saturated rings. The van der Waals surface area contributed by atoms with Gasteiger partial charge >= 0.3 is 5.97 Å². The maximum Gasteiger partial charge on any atom is 0.328 e. The molecule has 0 aliphatic carbocycles. The predicted octanol–water partition coefficient (Wildman–Crippen LogP) is 0.878. The molecule has 0 aromatic carbocycles. The van der Waals surface area contributed by atoms with Crippen LogP contribution in [0.3, 0.4) is 0 Å². The lowest BCUT2D eigenvalue weighted by atomic mass is 10.0. The van der Waals surface area contributed by atoms with E-state index in [9.17, 15) is 4.79 Å². The number of rotatable bonds is 2. The molecule has 1 aromatic heterocycles. The maximum absolute atomic E-state index is 10.7. The minimum Gasteiger partial charge on any atom is -0.480 e. The number of carboxylic acid groups (broad SMARTS) is 1. The zero-order valence-corrected chi connectivity index (χ0v) is 7.76. The molecule has 68 valence electrons. The number of nitrogens with two attached hydrogens (primary N) is 1. The Morgan fingerprint density at radius 1 is 1.77 bits per heavy atom. The van der Waals surface area contributed by atoms with E-state index in [1.807, 2.05) is 6.07 Å². The van der Waals surface area contributed by atoms with Crippen molar-refractivity contribution >= 4 is 17.3 Å². The summed E-state index contributed by atoms with van der Waals surface area (Å²) in [5.41, 5.74) is 4.15. The Hall–Kier alpha value is -1.38. The lowest BCUT2D eigenvalue weighted by molar-refractivity contribution is -0.142. The zero-order chi connectivity index (χ0) is 10.1. The van der Waals surface area contributed by atoms with E-state index in [0.717, 1.165) is 11.3 Å². The van der Waals surface area contributed by atoms with Crippen LogP contribution >= 0.6 is 11.3 Å². The van der Waals surface area contributed by atoms with Crippen LogP contribution in [0, 0.1) is 11.3 Å². The third-order valence-electron chi connectivity index (χ3n) is 1.67. The van der Waals surface area contributed by atoms with Crippen molar-refractivity contribution in [2.75, 3.05) is 0 Å². The van der Waals surface area contributed by atoms with Gasteiger partial charge in [-0.05, 0) is 19.1 Å². The fraction of sp³-hybridized carbons (Fsp3) is 0.250. The Kier molecular flexibility index (Phi) is 2.36. The number of carbonyl (C=O) groups is 1. The molecule has 0 aliphatic heterocycles. The summed E-state index contributed by atoms with van der Waals surface area (Å²) < 4.78 is 0. The molecule has 1 atom stereocenters. The molecule has 0 spiro atoms. The Morgan fingerprint density at radius 3 is 2.77 bits per heavy atom. The van der Waals surface area contributed by atoms with Gasteiger partial charge in [0.15, 0.2) is 0 Å². The smallest absolute Gasteiger partial charge is 0.328 e. The van der Waals surface area contributed by atoms with Gasteiger partial charge in [-0.1, -0.05) is 0 Å². The quantitative estimate of drug-likeness (QED) is 0.735. The van der Waals surface area contributed by atoms with Gasteiger partial charge in [-0.3, -0.25) is 0 Å². The minimum atomic E-state index is -1.40. The number of thiophene rings is 1. The number of nitrogens with zero attached hydrogens (tertiary/aromatic N) is 1. The first kappa shape index (κ1) is 9.71. The van der Waals surface area contributed by atoms with E-state index >= 15 is 0 Å². The number of carboxylic acids is 1. The third kappa shape index (κ3) is 1.69. The summed E-state index contributed by atoms with van der Waals surface area (Å²) in [6, 6.07) is 5.06. The Morgan fingerprint density at radius 2 is 2.38 bits per heavy atom. The molecule has 0 radical (unpaired) electrons. The van der Waals surface area contributed by atoms with Crippen molar-refractivity contribution in [1.82, 2.24) is 0 Å². The van der Waals surface area contributed by atoms with E-state index in [-0.39, 0.29) is 0 Å². The van der Waals surface area contributed by atoms with Crippen molar-refractivity contribution < 1.29 is 9.90 Å². The maximum atomic E-state index is 10.7. The Balaban J connectivity index is 3.09. The Bertz CT molecular complexity index is 376. The van der Waals surface area contributed by atoms with Crippen LogP contribution < -0.4 is 5.73 Å². The van der Waals surface area contributed by atoms with Gasteiger partial charge in [-0.25, -0.2) is 4.79 Å². The fourth-order valence-electron chi connectivity index (χ4n) is 0.782. The van der Waals surface area contributed by atoms with Crippen LogP contribution in [-0.4, -0.2) is 11.1 Å². The first-order valence-electron chi connectivity index (χ1n) is 3.51. The van der Waals surface area contributed by atoms with Gasteiger partial charge in [0.05, 0.1) is 0 Å². The van der Waals surface area contributed by atoms with Crippen LogP contribution in [0.2, 0.25) is 0 Å². The second kappa shape index (κ2) is 3.17. The monoisotopic (exact) mass is 196 g/mol. The normalized spacial score (nSPS) is 14.5. The van der Waals surface area contributed by atoms with Crippen molar-refractivity contribution in [2.24, 2.45) is 5.73 Å². The number of aliphatic carboxylic acids is 1. The molecule has 0 aliphatic rings. The fourth-order valence-corrected chi connectivity index (χ4v) is 1.64. The average molecular weight is 196 g/mol. The molecule has 0 saturated heterocycles. The van der Waals surface area contributed by atoms with Crippen LogP contribution in [-0.2, 0) is 10.3 Å². The molecule has 3 N–H and O–H groups in total. The van der Waals surface area contributed by atoms with Crippen molar-refractivity contribution in [3.05, 3.63) is 21.9 Å². The summed E-state index contributed by atoms with van der Waals surface area (Å²) in [6.45, 7) is 1.41. The Labute approximate surface area is 79.2 Å². The predicted molar refractivity (Wildman–Crippen MR) is 48.2 cm³/mol. The molecule has 1 heterocycles. The van der Waals surface area contributed by atoms with Gasteiger partial charge < -0.3 is 10.8 Å². The van der Waals surface area contributed by atoms with E-state index in [2.05, 4.69) is 0 Å². The van der Waals surface area contributed by atoms with Gasteiger partial charge in [0.25, 0.3) is 0 Å². The van der Waals surface area contributed by atoms with Crippen molar-refractivity contribution in [1.29, 1.82) is 5.26 Å². The topological polar surface area (TPSA) is 87.1 Å². The third-order valence-corrected chi connectivity index (χ3v) is 2.90. The number of nitriles is 1. The second-order valence-electron chi connectivity index (χ2n) is 2.78. The molecule has 0 unspecified atom stereocenters. The van der Waals surface area contributed by atoms with Gasteiger partial charge in [0.1, 0.15) is 16.5 Å². The van der Waals surface area contributed by atoms with E-state index in [4.69, 9.17) is 16.1 Å². The van der Waals surface area contributed by atoms with E-state index in [1.54, 1.807) is 12.1 Å². The average Bonchev–Trinajstić information content (AvgIpc) is 2.51. The van der Waals surface area contributed by atoms with Gasteiger partial charge in [-0.15, -0.1) is 11.3 Å². The molecule has 5 heteroatoms. The summed E-state index contributed by atoms with van der Waals surface area (Å²) in [4.78, 5) is 11.7. The van der Waals surface area contributed by atoms with E-state index in [1.165, 1.54) is 6.92 Å². The van der Waals surface area contributed by atoms with Crippen LogP contribution in [0.15, 0.2) is 12.1 Å². The SMILES string of the molecule is C[C@@](N)(C(=O)O)c1ccc(C#N)s1. The number of hydrogen-bond donors (Lipinski definition) is 2. The van der Waals surface area contributed by atoms with Crippen LogP contribution in [0.5, 0.6) is 0 Å². The van der Waals surface area contributed by atoms with E-state index in [0.29, 0.717) is 9.75 Å². The highest BCUT2D eigenvalue weighted by atomic mass is 32.1. The van der Waals surface area contributed by atoms with Crippen molar-refractivity contribution in [2.45, 2.75) is 12.5 Å². The molecule has 13 heavy (non-hydrogen) atoms. The van der Waals surface area contributed by atoms with Crippen molar-refractivity contribution in [3.8, 4) is 6.07 Å². The molecular formula is C8H8N2O2S. The van der Waals surface area contributed by atoms with E-state index < -0.39 is 11.5 Å². The zero-order valence-electron chi connectivity index (χ0n) is 6.94. The molecule has 1 aromatic rings. The van der Waals surface area contributed by atoms with Crippen molar-refractivity contribution in [3.63, 3.8) is 0 Å². The highest BCUT2D eigenvalue weighted by Gasteiger charge is 2.31. The first-order valence-corrected chi connectivity index (χ1v) is 4.33.